The standard InChI is InChI=1S/C24H24N4O4/c1-2-32-18-9-7-17(8-10-18)22(29)20-21(19-6-3-4-11-26-19)28(24(31)23(20)30)14-5-13-27-15-12-25-16-27/h3-4,6-12,15-16,20-21H,2,5,13-14H2,1H3/p+1. The Morgan fingerprint density at radius 1 is 1.19 bits per heavy atom. The first-order valence-electron chi connectivity index (χ1n) is 10.6. The van der Waals surface area contributed by atoms with Gasteiger partial charge in [0.1, 0.15) is 24.1 Å². The van der Waals surface area contributed by atoms with Crippen LogP contribution in [0.1, 0.15) is 35.4 Å². The molecule has 1 aromatic carbocycles. The minimum atomic E-state index is -1.13. The van der Waals surface area contributed by atoms with Crippen LogP contribution in [-0.4, -0.2) is 45.5 Å². The molecular weight excluding hydrogens is 408 g/mol. The van der Waals surface area contributed by atoms with Gasteiger partial charge < -0.3 is 9.64 Å². The number of pyridine rings is 1. The number of imidazole rings is 1. The van der Waals surface area contributed by atoms with Gasteiger partial charge in [-0.2, -0.15) is 0 Å². The van der Waals surface area contributed by atoms with Crippen molar-refractivity contribution in [1.29, 1.82) is 0 Å². The molecule has 32 heavy (non-hydrogen) atoms. The SMILES string of the molecule is CCOc1ccc(C(=O)C2C(=O)C(=O)N(CCC[n+]3cc[nH]c3)C2c2ccccn2)cc1. The van der Waals surface area contributed by atoms with Crippen molar-refractivity contribution in [2.24, 2.45) is 5.92 Å². The van der Waals surface area contributed by atoms with E-state index in [2.05, 4.69) is 9.97 Å². The highest BCUT2D eigenvalue weighted by Crippen LogP contribution is 2.37. The highest BCUT2D eigenvalue weighted by molar-refractivity contribution is 6.44. The Morgan fingerprint density at radius 2 is 2.00 bits per heavy atom. The lowest BCUT2D eigenvalue weighted by Gasteiger charge is -2.26. The van der Waals surface area contributed by atoms with Gasteiger partial charge in [-0.15, -0.1) is 0 Å². The van der Waals surface area contributed by atoms with E-state index in [1.807, 2.05) is 30.2 Å². The van der Waals surface area contributed by atoms with Gasteiger partial charge in [0.25, 0.3) is 5.91 Å². The highest BCUT2D eigenvalue weighted by Gasteiger charge is 2.52. The lowest BCUT2D eigenvalue weighted by atomic mass is 9.88. The lowest BCUT2D eigenvalue weighted by molar-refractivity contribution is -0.695. The molecule has 0 saturated carbocycles. The van der Waals surface area contributed by atoms with Crippen LogP contribution in [0.4, 0.5) is 0 Å². The molecule has 3 aromatic rings. The van der Waals surface area contributed by atoms with E-state index >= 15 is 0 Å². The molecule has 1 aliphatic heterocycles. The molecule has 0 aliphatic carbocycles. The first kappa shape index (κ1) is 21.4. The largest absolute Gasteiger partial charge is 0.494 e. The maximum absolute atomic E-state index is 13.4. The van der Waals surface area contributed by atoms with Gasteiger partial charge in [0, 0.05) is 24.7 Å². The summed E-state index contributed by atoms with van der Waals surface area (Å²) in [5.74, 6) is -2.19. The first-order valence-corrected chi connectivity index (χ1v) is 10.6. The summed E-state index contributed by atoms with van der Waals surface area (Å²) in [6.07, 6.45) is 7.77. The van der Waals surface area contributed by atoms with Gasteiger partial charge in [-0.05, 0) is 43.3 Å². The van der Waals surface area contributed by atoms with Crippen LogP contribution in [0.25, 0.3) is 0 Å². The van der Waals surface area contributed by atoms with Crippen LogP contribution < -0.4 is 9.30 Å². The van der Waals surface area contributed by atoms with Gasteiger partial charge in [-0.3, -0.25) is 24.4 Å². The number of benzene rings is 1. The number of nitrogens with zero attached hydrogens (tertiary/aromatic N) is 3. The maximum atomic E-state index is 13.4. The molecule has 1 fully saturated rings. The molecule has 2 aromatic heterocycles. The minimum Gasteiger partial charge on any atom is -0.494 e. The number of aromatic amines is 1. The summed E-state index contributed by atoms with van der Waals surface area (Å²) in [7, 11) is 0. The second-order valence-electron chi connectivity index (χ2n) is 7.56. The number of rotatable bonds is 9. The molecule has 1 saturated heterocycles. The molecule has 1 amide bonds. The first-order chi connectivity index (χ1) is 15.6. The Kier molecular flexibility index (Phi) is 6.39. The van der Waals surface area contributed by atoms with E-state index < -0.39 is 23.7 Å². The fraction of sp³-hybridized carbons (Fsp3) is 0.292. The number of H-pyrrole nitrogens is 1. The third-order valence-electron chi connectivity index (χ3n) is 5.55. The van der Waals surface area contributed by atoms with Crippen molar-refractivity contribution in [3.63, 3.8) is 0 Å². The molecule has 4 rings (SSSR count). The van der Waals surface area contributed by atoms with E-state index in [0.717, 1.165) is 0 Å². The van der Waals surface area contributed by atoms with E-state index in [9.17, 15) is 14.4 Å². The summed E-state index contributed by atoms with van der Waals surface area (Å²) >= 11 is 0. The average molecular weight is 433 g/mol. The number of likely N-dealkylation sites (tertiary alicyclic amines) is 1. The van der Waals surface area contributed by atoms with Gasteiger partial charge >= 0.3 is 0 Å². The Morgan fingerprint density at radius 3 is 2.66 bits per heavy atom. The predicted octanol–water partition coefficient (Wildman–Crippen LogP) is 2.14. The van der Waals surface area contributed by atoms with Gasteiger partial charge in [-0.25, -0.2) is 4.57 Å². The molecule has 2 atom stereocenters. The Balaban J connectivity index is 1.61. The van der Waals surface area contributed by atoms with Crippen molar-refractivity contribution in [2.75, 3.05) is 13.2 Å². The maximum Gasteiger partial charge on any atom is 0.291 e. The number of carbonyl (C=O) groups excluding carboxylic acids is 3. The Labute approximate surface area is 185 Å². The van der Waals surface area contributed by atoms with Crippen LogP contribution in [0, 0.1) is 5.92 Å². The van der Waals surface area contributed by atoms with Crippen molar-refractivity contribution in [3.8, 4) is 5.75 Å². The highest BCUT2D eigenvalue weighted by atomic mass is 16.5. The molecule has 8 heteroatoms. The second-order valence-corrected chi connectivity index (χ2v) is 7.56. The Bertz CT molecular complexity index is 1080. The number of hydrogen-bond donors (Lipinski definition) is 1. The van der Waals surface area contributed by atoms with Crippen molar-refractivity contribution in [3.05, 3.63) is 78.6 Å². The Hall–Kier alpha value is -3.81. The van der Waals surface area contributed by atoms with E-state index in [4.69, 9.17) is 4.74 Å². The topological polar surface area (TPSA) is 96.2 Å². The molecule has 3 heterocycles. The second kappa shape index (κ2) is 9.55. The van der Waals surface area contributed by atoms with E-state index in [1.165, 1.54) is 4.90 Å². The number of ether oxygens (including phenoxy) is 1. The zero-order valence-corrected chi connectivity index (χ0v) is 17.8. The fourth-order valence-electron chi connectivity index (χ4n) is 4.05. The summed E-state index contributed by atoms with van der Waals surface area (Å²) in [5, 5.41) is 0. The number of nitrogens with one attached hydrogen (secondary N) is 1. The summed E-state index contributed by atoms with van der Waals surface area (Å²) in [4.78, 5) is 48.2. The minimum absolute atomic E-state index is 0.344. The van der Waals surface area contributed by atoms with E-state index in [1.54, 1.807) is 48.7 Å². The summed E-state index contributed by atoms with van der Waals surface area (Å²) < 4.78 is 7.39. The van der Waals surface area contributed by atoms with Crippen molar-refractivity contribution in [2.45, 2.75) is 25.9 Å². The summed E-state index contributed by atoms with van der Waals surface area (Å²) in [6, 6.07) is 11.2. The normalized spacial score (nSPS) is 18.2. The molecule has 0 spiro atoms. The third-order valence-corrected chi connectivity index (χ3v) is 5.55. The quantitative estimate of drug-likeness (QED) is 0.241. The summed E-state index contributed by atoms with van der Waals surface area (Å²) in [5.41, 5.74) is 0.899. The van der Waals surface area contributed by atoms with Crippen molar-refractivity contribution >= 4 is 17.5 Å². The molecule has 0 bridgehead atoms. The van der Waals surface area contributed by atoms with Gasteiger partial charge in [0.05, 0.1) is 24.9 Å². The predicted molar refractivity (Wildman–Crippen MR) is 115 cm³/mol. The van der Waals surface area contributed by atoms with Crippen LogP contribution in [0.3, 0.4) is 0 Å². The molecule has 0 radical (unpaired) electrons. The zero-order chi connectivity index (χ0) is 22.5. The van der Waals surface area contributed by atoms with Crippen molar-refractivity contribution < 1.29 is 23.7 Å². The number of ketones is 2. The van der Waals surface area contributed by atoms with Gasteiger partial charge in [0.15, 0.2) is 5.78 Å². The molecule has 164 valence electrons. The van der Waals surface area contributed by atoms with Gasteiger partial charge in [0.2, 0.25) is 12.1 Å². The number of Topliss-reactive ketones (excluding diaryl/α,β-unsaturated/α-hetero) is 2. The van der Waals surface area contributed by atoms with E-state index in [-0.39, 0.29) is 5.78 Å². The van der Waals surface area contributed by atoms with Crippen LogP contribution in [0.15, 0.2) is 67.4 Å². The van der Waals surface area contributed by atoms with Gasteiger partial charge in [-0.1, -0.05) is 6.07 Å². The molecule has 1 aliphatic rings. The number of aryl methyl sites for hydroxylation is 1. The molecular formula is C24H25N4O4+. The van der Waals surface area contributed by atoms with Crippen LogP contribution >= 0.6 is 0 Å². The fourth-order valence-corrected chi connectivity index (χ4v) is 4.05. The van der Waals surface area contributed by atoms with Crippen LogP contribution in [-0.2, 0) is 16.1 Å². The average Bonchev–Trinajstić information content (AvgIpc) is 3.42. The third kappa shape index (κ3) is 4.30. The monoisotopic (exact) mass is 433 g/mol. The van der Waals surface area contributed by atoms with Crippen molar-refractivity contribution in [1.82, 2.24) is 14.9 Å². The number of carbonyl (C=O) groups is 3. The lowest BCUT2D eigenvalue weighted by Crippen LogP contribution is -2.36. The molecule has 2 unspecified atom stereocenters. The van der Waals surface area contributed by atoms with E-state index in [0.29, 0.717) is 43.1 Å². The number of amides is 1. The summed E-state index contributed by atoms with van der Waals surface area (Å²) in [6.45, 7) is 3.41. The molecule has 1 N–H and O–H groups in total. The number of aromatic nitrogens is 3. The molecule has 8 nitrogen and oxygen atoms in total. The zero-order valence-electron chi connectivity index (χ0n) is 17.8. The number of hydrogen-bond acceptors (Lipinski definition) is 5. The van der Waals surface area contributed by atoms with Crippen LogP contribution in [0.5, 0.6) is 5.75 Å². The van der Waals surface area contributed by atoms with Crippen LogP contribution in [0.2, 0.25) is 0 Å². The smallest absolute Gasteiger partial charge is 0.291 e.